The Labute approximate surface area is 91.2 Å². The highest BCUT2D eigenvalue weighted by Crippen LogP contribution is 2.28. The van der Waals surface area contributed by atoms with Crippen molar-refractivity contribution in [3.8, 4) is 0 Å². The number of amides is 1. The number of carbonyl (C=O) groups is 1. The van der Waals surface area contributed by atoms with Crippen LogP contribution in [0.4, 0.5) is 8.78 Å². The van der Waals surface area contributed by atoms with Crippen molar-refractivity contribution in [3.63, 3.8) is 0 Å². The molecule has 3 nitrogen and oxygen atoms in total. The van der Waals surface area contributed by atoms with E-state index in [1.165, 1.54) is 6.07 Å². The number of benzene rings is 1. The van der Waals surface area contributed by atoms with E-state index < -0.39 is 11.6 Å². The summed E-state index contributed by atoms with van der Waals surface area (Å²) in [5.41, 5.74) is 2.44. The van der Waals surface area contributed by atoms with Gasteiger partial charge in [0.15, 0.2) is 0 Å². The molecule has 84 valence electrons. The third-order valence-corrected chi connectivity index (χ3v) is 2.29. The summed E-state index contributed by atoms with van der Waals surface area (Å²) in [4.78, 5) is 11.2. The zero-order chi connectivity index (χ0) is 11.5. The average molecular weight is 224 g/mol. The molecule has 1 aromatic rings. The Morgan fingerprint density at radius 2 is 2.19 bits per heavy atom. The molecule has 1 amide bonds. The lowest BCUT2D eigenvalue weighted by atomic mass is 10.2. The number of nitrogens with one attached hydrogen (secondary N) is 1. The number of rotatable bonds is 3. The Morgan fingerprint density at radius 3 is 2.81 bits per heavy atom. The molecule has 1 aliphatic rings. The molecule has 1 fully saturated rings. The first-order valence-electron chi connectivity index (χ1n) is 4.95. The largest absolute Gasteiger partial charge is 0.273 e. The number of hydrogen-bond donors (Lipinski definition) is 1. The van der Waals surface area contributed by atoms with Gasteiger partial charge in [-0.05, 0) is 25.0 Å². The molecule has 0 saturated heterocycles. The van der Waals surface area contributed by atoms with Crippen molar-refractivity contribution in [2.24, 2.45) is 11.0 Å². The molecule has 1 aromatic carbocycles. The van der Waals surface area contributed by atoms with Gasteiger partial charge in [-0.2, -0.15) is 5.10 Å². The fraction of sp³-hybridized carbons (Fsp3) is 0.273. The van der Waals surface area contributed by atoms with E-state index in [1.54, 1.807) is 0 Å². The second-order valence-electron chi connectivity index (χ2n) is 3.67. The van der Waals surface area contributed by atoms with Crippen molar-refractivity contribution < 1.29 is 13.6 Å². The van der Waals surface area contributed by atoms with Crippen LogP contribution in [-0.4, -0.2) is 12.1 Å². The summed E-state index contributed by atoms with van der Waals surface area (Å²) in [6.45, 7) is 0. The number of carbonyl (C=O) groups excluding carboxylic acids is 1. The topological polar surface area (TPSA) is 41.5 Å². The fourth-order valence-electron chi connectivity index (χ4n) is 1.21. The molecule has 0 aliphatic heterocycles. The minimum Gasteiger partial charge on any atom is -0.273 e. The fourth-order valence-corrected chi connectivity index (χ4v) is 1.21. The predicted molar refractivity (Wildman–Crippen MR) is 54.8 cm³/mol. The molecular formula is C11H10F2N2O. The van der Waals surface area contributed by atoms with Crippen LogP contribution in [-0.2, 0) is 4.79 Å². The molecule has 1 N–H and O–H groups in total. The van der Waals surface area contributed by atoms with Crippen molar-refractivity contribution in [1.29, 1.82) is 0 Å². The average Bonchev–Trinajstić information content (AvgIpc) is 3.04. The zero-order valence-electron chi connectivity index (χ0n) is 8.41. The van der Waals surface area contributed by atoms with E-state index in [1.807, 2.05) is 0 Å². The maximum Gasteiger partial charge on any atom is 0.243 e. The molecule has 0 radical (unpaired) electrons. The van der Waals surface area contributed by atoms with Gasteiger partial charge in [-0.25, -0.2) is 14.2 Å². The van der Waals surface area contributed by atoms with E-state index in [0.29, 0.717) is 0 Å². The first kappa shape index (κ1) is 10.7. The molecule has 16 heavy (non-hydrogen) atoms. The maximum atomic E-state index is 13.1. The van der Waals surface area contributed by atoms with E-state index in [0.717, 1.165) is 31.2 Å². The second-order valence-corrected chi connectivity index (χ2v) is 3.67. The van der Waals surface area contributed by atoms with E-state index in [2.05, 4.69) is 10.5 Å². The van der Waals surface area contributed by atoms with Crippen LogP contribution >= 0.6 is 0 Å². The SMILES string of the molecule is O=C(N/N=C\c1ccc(F)cc1F)C1CC1. The van der Waals surface area contributed by atoms with Gasteiger partial charge in [-0.15, -0.1) is 0 Å². The van der Waals surface area contributed by atoms with Gasteiger partial charge in [0.1, 0.15) is 11.6 Å². The Hall–Kier alpha value is -1.78. The summed E-state index contributed by atoms with van der Waals surface area (Å²) in [6.07, 6.45) is 2.92. The Morgan fingerprint density at radius 1 is 1.44 bits per heavy atom. The lowest BCUT2D eigenvalue weighted by Crippen LogP contribution is -2.19. The van der Waals surface area contributed by atoms with E-state index in [9.17, 15) is 13.6 Å². The first-order chi connectivity index (χ1) is 7.66. The summed E-state index contributed by atoms with van der Waals surface area (Å²) in [7, 11) is 0. The van der Waals surface area contributed by atoms with Crippen LogP contribution in [0, 0.1) is 17.6 Å². The van der Waals surface area contributed by atoms with Crippen molar-refractivity contribution in [2.75, 3.05) is 0 Å². The van der Waals surface area contributed by atoms with Crippen LogP contribution in [0.3, 0.4) is 0 Å². The molecule has 5 heteroatoms. The molecule has 0 heterocycles. The lowest BCUT2D eigenvalue weighted by Gasteiger charge is -1.97. The molecule has 2 rings (SSSR count). The zero-order valence-corrected chi connectivity index (χ0v) is 8.41. The monoisotopic (exact) mass is 224 g/mol. The van der Waals surface area contributed by atoms with Gasteiger partial charge in [-0.3, -0.25) is 4.79 Å². The van der Waals surface area contributed by atoms with Gasteiger partial charge < -0.3 is 0 Å². The summed E-state index contributed by atoms with van der Waals surface area (Å²) < 4.78 is 25.7. The first-order valence-corrected chi connectivity index (χ1v) is 4.95. The smallest absolute Gasteiger partial charge is 0.243 e. The van der Waals surface area contributed by atoms with Gasteiger partial charge in [0.05, 0.1) is 6.21 Å². The third-order valence-electron chi connectivity index (χ3n) is 2.29. The minimum atomic E-state index is -0.704. The summed E-state index contributed by atoms with van der Waals surface area (Å²) in [5, 5.41) is 3.61. The molecular weight excluding hydrogens is 214 g/mol. The van der Waals surface area contributed by atoms with Crippen LogP contribution in [0.5, 0.6) is 0 Å². The van der Waals surface area contributed by atoms with Crippen LogP contribution in [0.25, 0.3) is 0 Å². The van der Waals surface area contributed by atoms with Crippen LogP contribution in [0.2, 0.25) is 0 Å². The van der Waals surface area contributed by atoms with E-state index in [-0.39, 0.29) is 17.4 Å². The number of hydrogen-bond acceptors (Lipinski definition) is 2. The highest BCUT2D eigenvalue weighted by molar-refractivity contribution is 5.84. The van der Waals surface area contributed by atoms with Gasteiger partial charge in [0, 0.05) is 17.5 Å². The summed E-state index contributed by atoms with van der Waals surface area (Å²) in [6, 6.07) is 3.16. The minimum absolute atomic E-state index is 0.0511. The Bertz CT molecular complexity index is 442. The van der Waals surface area contributed by atoms with Gasteiger partial charge in [0.2, 0.25) is 5.91 Å². The number of nitrogens with zero attached hydrogens (tertiary/aromatic N) is 1. The highest BCUT2D eigenvalue weighted by atomic mass is 19.1. The molecule has 0 aromatic heterocycles. The van der Waals surface area contributed by atoms with Crippen molar-refractivity contribution in [1.82, 2.24) is 5.43 Å². The van der Waals surface area contributed by atoms with Crippen molar-refractivity contribution in [2.45, 2.75) is 12.8 Å². The summed E-state index contributed by atoms with van der Waals surface area (Å²) >= 11 is 0. The number of halogens is 2. The number of hydrazone groups is 1. The standard InChI is InChI=1S/C11H10F2N2O/c12-9-4-3-8(10(13)5-9)6-14-15-11(16)7-1-2-7/h3-7H,1-2H2,(H,15,16)/b14-6-. The van der Waals surface area contributed by atoms with E-state index in [4.69, 9.17) is 0 Å². The quantitative estimate of drug-likeness (QED) is 0.617. The Kier molecular flexibility index (Phi) is 2.94. The van der Waals surface area contributed by atoms with E-state index >= 15 is 0 Å². The van der Waals surface area contributed by atoms with Gasteiger partial charge in [0.25, 0.3) is 0 Å². The van der Waals surface area contributed by atoms with Gasteiger partial charge >= 0.3 is 0 Å². The van der Waals surface area contributed by atoms with Crippen molar-refractivity contribution in [3.05, 3.63) is 35.4 Å². The van der Waals surface area contributed by atoms with Gasteiger partial charge in [-0.1, -0.05) is 0 Å². The maximum absolute atomic E-state index is 13.1. The molecule has 1 aliphatic carbocycles. The lowest BCUT2D eigenvalue weighted by molar-refractivity contribution is -0.122. The molecule has 0 spiro atoms. The van der Waals surface area contributed by atoms with Crippen LogP contribution in [0.1, 0.15) is 18.4 Å². The molecule has 0 unspecified atom stereocenters. The molecule has 0 bridgehead atoms. The normalized spacial score (nSPS) is 15.4. The molecule has 1 saturated carbocycles. The van der Waals surface area contributed by atoms with Crippen molar-refractivity contribution >= 4 is 12.1 Å². The Balaban J connectivity index is 1.97. The molecule has 0 atom stereocenters. The van der Waals surface area contributed by atoms with Crippen LogP contribution in [0.15, 0.2) is 23.3 Å². The third kappa shape index (κ3) is 2.62. The van der Waals surface area contributed by atoms with Crippen LogP contribution < -0.4 is 5.43 Å². The summed E-state index contributed by atoms with van der Waals surface area (Å²) in [5.74, 6) is -1.45. The predicted octanol–water partition coefficient (Wildman–Crippen LogP) is 1.82. The highest BCUT2D eigenvalue weighted by Gasteiger charge is 2.29. The second kappa shape index (κ2) is 4.38.